The molecule has 0 bridgehead atoms. The number of hydrogen-bond acceptors (Lipinski definition) is 2. The van der Waals surface area contributed by atoms with E-state index in [0.717, 1.165) is 23.4 Å². The zero-order valence-electron chi connectivity index (χ0n) is 13.6. The standard InChI is InChI=1S/C18H27BrO2/c1-13-9-16(11-18(2,3)10-13)21-17(12-19)14-5-7-15(20-4)8-6-14/h5-8,13,16-17H,9-12H2,1-4H3. The third-order valence-corrected chi connectivity index (χ3v) is 4.92. The van der Waals surface area contributed by atoms with Crippen molar-refractivity contribution in [1.29, 1.82) is 0 Å². The lowest BCUT2D eigenvalue weighted by Gasteiger charge is -2.40. The van der Waals surface area contributed by atoms with Crippen LogP contribution in [0.4, 0.5) is 0 Å². The first-order valence-corrected chi connectivity index (χ1v) is 8.91. The molecule has 3 heteroatoms. The van der Waals surface area contributed by atoms with E-state index in [9.17, 15) is 0 Å². The smallest absolute Gasteiger partial charge is 0.118 e. The van der Waals surface area contributed by atoms with Crippen molar-refractivity contribution in [2.75, 3.05) is 12.4 Å². The maximum absolute atomic E-state index is 6.42. The van der Waals surface area contributed by atoms with Crippen molar-refractivity contribution in [3.05, 3.63) is 29.8 Å². The number of rotatable bonds is 5. The predicted octanol–water partition coefficient (Wildman–Crippen LogP) is 5.36. The topological polar surface area (TPSA) is 18.5 Å². The number of ether oxygens (including phenoxy) is 2. The van der Waals surface area contributed by atoms with Crippen LogP contribution in [-0.4, -0.2) is 18.5 Å². The molecule has 3 atom stereocenters. The SMILES string of the molecule is COc1ccc(C(CBr)OC2CC(C)CC(C)(C)C2)cc1. The van der Waals surface area contributed by atoms with E-state index in [1.54, 1.807) is 7.11 Å². The van der Waals surface area contributed by atoms with Crippen LogP contribution in [0.3, 0.4) is 0 Å². The quantitative estimate of drug-likeness (QED) is 0.662. The van der Waals surface area contributed by atoms with Gasteiger partial charge in [0.1, 0.15) is 5.75 Å². The summed E-state index contributed by atoms with van der Waals surface area (Å²) < 4.78 is 11.6. The second-order valence-corrected chi connectivity index (χ2v) is 7.74. The molecule has 0 radical (unpaired) electrons. The Balaban J connectivity index is 2.04. The van der Waals surface area contributed by atoms with Gasteiger partial charge >= 0.3 is 0 Å². The van der Waals surface area contributed by atoms with E-state index in [-0.39, 0.29) is 6.10 Å². The predicted molar refractivity (Wildman–Crippen MR) is 91.2 cm³/mol. The van der Waals surface area contributed by atoms with Gasteiger partial charge in [0, 0.05) is 5.33 Å². The van der Waals surface area contributed by atoms with Gasteiger partial charge in [-0.3, -0.25) is 0 Å². The van der Waals surface area contributed by atoms with Gasteiger partial charge in [0.2, 0.25) is 0 Å². The second kappa shape index (κ2) is 7.15. The van der Waals surface area contributed by atoms with E-state index >= 15 is 0 Å². The first-order chi connectivity index (χ1) is 9.93. The monoisotopic (exact) mass is 354 g/mol. The Morgan fingerprint density at radius 2 is 1.90 bits per heavy atom. The molecular weight excluding hydrogens is 328 g/mol. The lowest BCUT2D eigenvalue weighted by Crippen LogP contribution is -2.33. The molecule has 118 valence electrons. The Morgan fingerprint density at radius 1 is 1.24 bits per heavy atom. The molecule has 0 N–H and O–H groups in total. The largest absolute Gasteiger partial charge is 0.497 e. The molecule has 0 saturated heterocycles. The van der Waals surface area contributed by atoms with E-state index in [2.05, 4.69) is 48.8 Å². The molecule has 1 saturated carbocycles. The van der Waals surface area contributed by atoms with Gasteiger partial charge in [0.25, 0.3) is 0 Å². The van der Waals surface area contributed by atoms with Crippen molar-refractivity contribution in [3.8, 4) is 5.75 Å². The van der Waals surface area contributed by atoms with E-state index < -0.39 is 0 Å². The molecule has 0 spiro atoms. The highest BCUT2D eigenvalue weighted by molar-refractivity contribution is 9.09. The summed E-state index contributed by atoms with van der Waals surface area (Å²) in [4.78, 5) is 0. The van der Waals surface area contributed by atoms with Crippen molar-refractivity contribution >= 4 is 15.9 Å². The molecule has 1 fully saturated rings. The molecule has 0 aliphatic heterocycles. The van der Waals surface area contributed by atoms with Crippen LogP contribution >= 0.6 is 15.9 Å². The fraction of sp³-hybridized carbons (Fsp3) is 0.667. The minimum absolute atomic E-state index is 0.113. The Kier molecular flexibility index (Phi) is 5.73. The van der Waals surface area contributed by atoms with E-state index in [4.69, 9.17) is 9.47 Å². The fourth-order valence-electron chi connectivity index (χ4n) is 3.62. The summed E-state index contributed by atoms with van der Waals surface area (Å²) in [7, 11) is 1.69. The average molecular weight is 355 g/mol. The van der Waals surface area contributed by atoms with Gasteiger partial charge in [-0.05, 0) is 48.3 Å². The first-order valence-electron chi connectivity index (χ1n) is 7.79. The molecular formula is C18H27BrO2. The molecule has 0 aromatic heterocycles. The lowest BCUT2D eigenvalue weighted by molar-refractivity contribution is -0.0579. The summed E-state index contributed by atoms with van der Waals surface area (Å²) in [6, 6.07) is 8.20. The normalized spacial score (nSPS) is 26.3. The van der Waals surface area contributed by atoms with Crippen molar-refractivity contribution in [3.63, 3.8) is 0 Å². The molecule has 0 heterocycles. The summed E-state index contributed by atoms with van der Waals surface area (Å²) in [5.41, 5.74) is 1.60. The number of halogens is 1. The van der Waals surface area contributed by atoms with Crippen LogP contribution in [0.2, 0.25) is 0 Å². The number of benzene rings is 1. The van der Waals surface area contributed by atoms with Gasteiger partial charge in [0.05, 0.1) is 19.3 Å². The van der Waals surface area contributed by atoms with Gasteiger partial charge in [-0.25, -0.2) is 0 Å². The van der Waals surface area contributed by atoms with Crippen LogP contribution in [0, 0.1) is 11.3 Å². The van der Waals surface area contributed by atoms with Crippen molar-refractivity contribution in [1.82, 2.24) is 0 Å². The molecule has 3 unspecified atom stereocenters. The van der Waals surface area contributed by atoms with Crippen molar-refractivity contribution in [2.45, 2.75) is 52.2 Å². The lowest BCUT2D eigenvalue weighted by atomic mass is 9.71. The fourth-order valence-corrected chi connectivity index (χ4v) is 4.14. The van der Waals surface area contributed by atoms with Gasteiger partial charge in [-0.1, -0.05) is 48.8 Å². The highest BCUT2D eigenvalue weighted by Crippen LogP contribution is 2.41. The Labute approximate surface area is 137 Å². The molecule has 1 aliphatic rings. The van der Waals surface area contributed by atoms with E-state index in [0.29, 0.717) is 11.5 Å². The number of hydrogen-bond donors (Lipinski definition) is 0. The third-order valence-electron chi connectivity index (χ3n) is 4.33. The van der Waals surface area contributed by atoms with E-state index in [1.165, 1.54) is 18.4 Å². The average Bonchev–Trinajstić information content (AvgIpc) is 2.43. The third kappa shape index (κ3) is 4.72. The Morgan fingerprint density at radius 3 is 2.43 bits per heavy atom. The van der Waals surface area contributed by atoms with Gasteiger partial charge < -0.3 is 9.47 Å². The zero-order chi connectivity index (χ0) is 15.5. The molecule has 1 aromatic carbocycles. The highest BCUT2D eigenvalue weighted by Gasteiger charge is 2.33. The van der Waals surface area contributed by atoms with Crippen LogP contribution in [0.5, 0.6) is 5.75 Å². The van der Waals surface area contributed by atoms with Crippen LogP contribution < -0.4 is 4.74 Å². The van der Waals surface area contributed by atoms with Crippen molar-refractivity contribution in [2.24, 2.45) is 11.3 Å². The summed E-state index contributed by atoms with van der Waals surface area (Å²) in [6.45, 7) is 7.05. The summed E-state index contributed by atoms with van der Waals surface area (Å²) in [5, 5.41) is 0.824. The zero-order valence-corrected chi connectivity index (χ0v) is 15.2. The number of alkyl halides is 1. The van der Waals surface area contributed by atoms with Crippen LogP contribution in [0.15, 0.2) is 24.3 Å². The summed E-state index contributed by atoms with van der Waals surface area (Å²) >= 11 is 3.60. The minimum Gasteiger partial charge on any atom is -0.497 e. The van der Waals surface area contributed by atoms with Crippen LogP contribution in [0.1, 0.15) is 51.7 Å². The molecule has 1 aliphatic carbocycles. The molecule has 21 heavy (non-hydrogen) atoms. The van der Waals surface area contributed by atoms with Gasteiger partial charge in [-0.15, -0.1) is 0 Å². The summed E-state index contributed by atoms with van der Waals surface area (Å²) in [6.07, 6.45) is 4.09. The van der Waals surface area contributed by atoms with Gasteiger partial charge in [-0.2, -0.15) is 0 Å². The number of methoxy groups -OCH3 is 1. The minimum atomic E-state index is 0.113. The first kappa shape index (κ1) is 16.8. The summed E-state index contributed by atoms with van der Waals surface area (Å²) in [5.74, 6) is 1.63. The highest BCUT2D eigenvalue weighted by atomic mass is 79.9. The molecule has 2 rings (SSSR count). The van der Waals surface area contributed by atoms with Gasteiger partial charge in [0.15, 0.2) is 0 Å². The molecule has 2 nitrogen and oxygen atoms in total. The van der Waals surface area contributed by atoms with E-state index in [1.807, 2.05) is 12.1 Å². The maximum Gasteiger partial charge on any atom is 0.118 e. The Hall–Kier alpha value is -0.540. The Bertz CT molecular complexity index is 441. The maximum atomic E-state index is 6.42. The van der Waals surface area contributed by atoms with Crippen LogP contribution in [-0.2, 0) is 4.74 Å². The molecule has 0 amide bonds. The second-order valence-electron chi connectivity index (χ2n) is 7.09. The van der Waals surface area contributed by atoms with Crippen LogP contribution in [0.25, 0.3) is 0 Å². The molecule has 1 aromatic rings. The van der Waals surface area contributed by atoms with Crippen molar-refractivity contribution < 1.29 is 9.47 Å².